The molecule has 2 aromatic rings. The van der Waals surface area contributed by atoms with Crippen molar-refractivity contribution in [1.29, 1.82) is 0 Å². The first-order valence-electron chi connectivity index (χ1n) is 8.28. The maximum atomic E-state index is 12.8. The van der Waals surface area contributed by atoms with Crippen molar-refractivity contribution in [3.8, 4) is 0 Å². The fourth-order valence-corrected chi connectivity index (χ4v) is 4.87. The van der Waals surface area contributed by atoms with Gasteiger partial charge >= 0.3 is 5.97 Å². The Morgan fingerprint density at radius 3 is 2.54 bits per heavy atom. The lowest BCUT2D eigenvalue weighted by atomic mass is 10.2. The maximum Gasteiger partial charge on any atom is 0.326 e. The van der Waals surface area contributed by atoms with Gasteiger partial charge in [0.15, 0.2) is 0 Å². The molecule has 0 saturated carbocycles. The first-order valence-corrected chi connectivity index (χ1v) is 9.72. The van der Waals surface area contributed by atoms with Gasteiger partial charge in [-0.15, -0.1) is 0 Å². The van der Waals surface area contributed by atoms with E-state index in [1.807, 2.05) is 6.92 Å². The molecule has 0 amide bonds. The van der Waals surface area contributed by atoms with Crippen LogP contribution in [0.25, 0.3) is 10.9 Å². The molecule has 3 rings (SSSR count). The molecule has 0 spiro atoms. The summed E-state index contributed by atoms with van der Waals surface area (Å²) in [5, 5.41) is 10.1. The molecule has 1 aliphatic rings. The molecule has 1 unspecified atom stereocenters. The van der Waals surface area contributed by atoms with Gasteiger partial charge in [0, 0.05) is 30.2 Å². The topological polar surface area (TPSA) is 79.6 Å². The van der Waals surface area contributed by atoms with E-state index in [9.17, 15) is 18.3 Å². The molecule has 1 aliphatic heterocycles. The molecule has 6 nitrogen and oxygen atoms in total. The Kier molecular flexibility index (Phi) is 4.64. The third kappa shape index (κ3) is 2.93. The minimum atomic E-state index is -3.48. The first-order chi connectivity index (χ1) is 11.4. The van der Waals surface area contributed by atoms with E-state index in [1.54, 1.807) is 39.3 Å². The normalized spacial score (nSPS) is 17.9. The Labute approximate surface area is 141 Å². The number of carboxylic acid groups (broad SMARTS) is 1. The maximum absolute atomic E-state index is 12.8. The number of nitrogens with zero attached hydrogens (tertiary/aromatic N) is 2. The molecule has 1 fully saturated rings. The van der Waals surface area contributed by atoms with E-state index in [4.69, 9.17) is 0 Å². The van der Waals surface area contributed by atoms with Crippen molar-refractivity contribution in [3.05, 3.63) is 30.5 Å². The molecule has 24 heavy (non-hydrogen) atoms. The number of rotatable bonds is 5. The van der Waals surface area contributed by atoms with Gasteiger partial charge in [0.1, 0.15) is 6.04 Å². The zero-order valence-corrected chi connectivity index (χ0v) is 14.5. The van der Waals surface area contributed by atoms with E-state index in [1.165, 1.54) is 0 Å². The van der Waals surface area contributed by atoms with Gasteiger partial charge in [-0.1, -0.05) is 13.3 Å². The molecular formula is C17H22N2O4S. The Bertz CT molecular complexity index is 851. The first kappa shape index (κ1) is 17.0. The highest BCUT2D eigenvalue weighted by Gasteiger charge is 2.26. The van der Waals surface area contributed by atoms with Crippen molar-refractivity contribution in [2.75, 3.05) is 13.1 Å². The molecule has 1 N–H and O–H groups in total. The van der Waals surface area contributed by atoms with Crippen LogP contribution >= 0.6 is 0 Å². The van der Waals surface area contributed by atoms with Crippen molar-refractivity contribution in [1.82, 2.24) is 8.87 Å². The summed E-state index contributed by atoms with van der Waals surface area (Å²) in [6.45, 7) is 2.95. The molecule has 0 aliphatic carbocycles. The van der Waals surface area contributed by atoms with Gasteiger partial charge in [0.2, 0.25) is 10.0 Å². The van der Waals surface area contributed by atoms with Crippen LogP contribution in [0, 0.1) is 0 Å². The number of piperidine rings is 1. The van der Waals surface area contributed by atoms with Gasteiger partial charge in [-0.25, -0.2) is 13.2 Å². The van der Waals surface area contributed by atoms with Crippen LogP contribution in [-0.2, 0) is 14.8 Å². The number of hydrogen-bond acceptors (Lipinski definition) is 3. The van der Waals surface area contributed by atoms with E-state index in [0.29, 0.717) is 19.5 Å². The fraction of sp³-hybridized carbons (Fsp3) is 0.471. The molecule has 1 aromatic heterocycles. The quantitative estimate of drug-likeness (QED) is 0.899. The third-order valence-corrected chi connectivity index (χ3v) is 6.55. The van der Waals surface area contributed by atoms with E-state index in [-0.39, 0.29) is 4.90 Å². The van der Waals surface area contributed by atoms with Crippen LogP contribution < -0.4 is 0 Å². The van der Waals surface area contributed by atoms with Gasteiger partial charge in [0.25, 0.3) is 0 Å². The van der Waals surface area contributed by atoms with Gasteiger partial charge in [-0.3, -0.25) is 0 Å². The average Bonchev–Trinajstić information content (AvgIpc) is 2.99. The minimum Gasteiger partial charge on any atom is -0.480 e. The monoisotopic (exact) mass is 350 g/mol. The predicted octanol–water partition coefficient (Wildman–Crippen LogP) is 2.85. The third-order valence-electron chi connectivity index (χ3n) is 4.65. The highest BCUT2D eigenvalue weighted by atomic mass is 32.2. The van der Waals surface area contributed by atoms with Gasteiger partial charge in [0.05, 0.1) is 4.90 Å². The lowest BCUT2D eigenvalue weighted by molar-refractivity contribution is -0.140. The SMILES string of the molecule is CCC(C(=O)O)n1ccc2cc(S(=O)(=O)N3CCCCC3)ccc21. The summed E-state index contributed by atoms with van der Waals surface area (Å²) in [5.74, 6) is -0.889. The van der Waals surface area contributed by atoms with Crippen LogP contribution in [0.4, 0.5) is 0 Å². The summed E-state index contributed by atoms with van der Waals surface area (Å²) in [6, 6.07) is 6.06. The van der Waals surface area contributed by atoms with Crippen LogP contribution in [0.15, 0.2) is 35.4 Å². The largest absolute Gasteiger partial charge is 0.480 e. The molecular weight excluding hydrogens is 328 g/mol. The molecule has 1 saturated heterocycles. The summed E-state index contributed by atoms with van der Waals surface area (Å²) >= 11 is 0. The van der Waals surface area contributed by atoms with E-state index in [0.717, 1.165) is 30.2 Å². The Morgan fingerprint density at radius 1 is 1.21 bits per heavy atom. The zero-order chi connectivity index (χ0) is 17.3. The Balaban J connectivity index is 1.99. The molecule has 0 radical (unpaired) electrons. The number of carboxylic acids is 1. The summed E-state index contributed by atoms with van der Waals surface area (Å²) in [7, 11) is -3.48. The Hall–Kier alpha value is -1.86. The standard InChI is InChI=1S/C17H22N2O4S/c1-2-15(17(20)21)19-11-8-13-12-14(6-7-16(13)19)24(22,23)18-9-4-3-5-10-18/h6-8,11-12,15H,2-5,9-10H2,1H3,(H,20,21). The average molecular weight is 350 g/mol. The van der Waals surface area contributed by atoms with E-state index < -0.39 is 22.0 Å². The van der Waals surface area contributed by atoms with E-state index in [2.05, 4.69) is 0 Å². The second-order valence-corrected chi connectivity index (χ2v) is 8.11. The number of benzene rings is 1. The smallest absolute Gasteiger partial charge is 0.326 e. The fourth-order valence-electron chi connectivity index (χ4n) is 3.32. The van der Waals surface area contributed by atoms with Crippen molar-refractivity contribution in [3.63, 3.8) is 0 Å². The van der Waals surface area contributed by atoms with Crippen LogP contribution in [0.5, 0.6) is 0 Å². The zero-order valence-electron chi connectivity index (χ0n) is 13.7. The summed E-state index contributed by atoms with van der Waals surface area (Å²) in [5.41, 5.74) is 0.738. The molecule has 1 atom stereocenters. The number of sulfonamides is 1. The minimum absolute atomic E-state index is 0.276. The van der Waals surface area contributed by atoms with Crippen molar-refractivity contribution < 1.29 is 18.3 Å². The number of carbonyl (C=O) groups is 1. The van der Waals surface area contributed by atoms with Crippen LogP contribution in [0.3, 0.4) is 0 Å². The second-order valence-electron chi connectivity index (χ2n) is 6.17. The molecule has 0 bridgehead atoms. The van der Waals surface area contributed by atoms with Gasteiger partial charge < -0.3 is 9.67 Å². The molecule has 7 heteroatoms. The summed E-state index contributed by atoms with van der Waals surface area (Å²) < 4.78 is 28.8. The van der Waals surface area contributed by atoms with Crippen molar-refractivity contribution in [2.24, 2.45) is 0 Å². The van der Waals surface area contributed by atoms with Crippen LogP contribution in [0.1, 0.15) is 38.6 Å². The van der Waals surface area contributed by atoms with Crippen LogP contribution in [0.2, 0.25) is 0 Å². The number of hydrogen-bond donors (Lipinski definition) is 1. The van der Waals surface area contributed by atoms with Gasteiger partial charge in [-0.2, -0.15) is 4.31 Å². The molecule has 130 valence electrons. The molecule has 1 aromatic carbocycles. The highest BCUT2D eigenvalue weighted by Crippen LogP contribution is 2.27. The van der Waals surface area contributed by atoms with Gasteiger partial charge in [-0.05, 0) is 43.5 Å². The van der Waals surface area contributed by atoms with Crippen molar-refractivity contribution >= 4 is 26.9 Å². The lowest BCUT2D eigenvalue weighted by Crippen LogP contribution is -2.35. The molecule has 2 heterocycles. The number of fused-ring (bicyclic) bond motifs is 1. The van der Waals surface area contributed by atoms with E-state index >= 15 is 0 Å². The number of aliphatic carboxylic acids is 1. The number of aromatic nitrogens is 1. The Morgan fingerprint density at radius 2 is 1.92 bits per heavy atom. The highest BCUT2D eigenvalue weighted by molar-refractivity contribution is 7.89. The van der Waals surface area contributed by atoms with Crippen molar-refractivity contribution in [2.45, 2.75) is 43.5 Å². The van der Waals surface area contributed by atoms with Crippen LogP contribution in [-0.4, -0.2) is 41.5 Å². The predicted molar refractivity (Wildman–Crippen MR) is 91.5 cm³/mol. The summed E-state index contributed by atoms with van der Waals surface area (Å²) in [6.07, 6.45) is 5.04. The lowest BCUT2D eigenvalue weighted by Gasteiger charge is -2.26. The summed E-state index contributed by atoms with van der Waals surface area (Å²) in [4.78, 5) is 11.7. The second kappa shape index (κ2) is 6.57.